The molecule has 0 saturated carbocycles. The van der Waals surface area contributed by atoms with Crippen LogP contribution in [0, 0.1) is 0 Å². The van der Waals surface area contributed by atoms with Crippen molar-refractivity contribution in [3.63, 3.8) is 0 Å². The lowest BCUT2D eigenvalue weighted by molar-refractivity contribution is 0.0176. The van der Waals surface area contributed by atoms with Crippen LogP contribution in [0.5, 0.6) is 0 Å². The fraction of sp³-hybridized carbons (Fsp3) is 0.714. The highest BCUT2D eigenvalue weighted by atomic mass is 16.5. The Bertz CT molecular complexity index is 409. The van der Waals surface area contributed by atoms with Crippen LogP contribution in [0.2, 0.25) is 0 Å². The van der Waals surface area contributed by atoms with Gasteiger partial charge in [-0.1, -0.05) is 0 Å². The van der Waals surface area contributed by atoms with Gasteiger partial charge >= 0.3 is 0 Å². The van der Waals surface area contributed by atoms with Crippen LogP contribution in [0.25, 0.3) is 0 Å². The zero-order chi connectivity index (χ0) is 13.8. The molecule has 0 bridgehead atoms. The van der Waals surface area contributed by atoms with E-state index in [4.69, 9.17) is 10.5 Å². The van der Waals surface area contributed by atoms with Gasteiger partial charge in [0.05, 0.1) is 24.9 Å². The van der Waals surface area contributed by atoms with Crippen LogP contribution >= 0.6 is 0 Å². The van der Waals surface area contributed by atoms with Gasteiger partial charge in [0.2, 0.25) is 0 Å². The third-order valence-corrected chi connectivity index (χ3v) is 4.37. The summed E-state index contributed by atoms with van der Waals surface area (Å²) in [6, 6.07) is 2.82. The number of rotatable bonds is 4. The Kier molecular flexibility index (Phi) is 4.57. The molecule has 0 aliphatic carbocycles. The average Bonchev–Trinajstić information content (AvgIpc) is 3.00. The lowest BCUT2D eigenvalue weighted by atomic mass is 10.1. The smallest absolute Gasteiger partial charge is 0.115 e. The van der Waals surface area contributed by atoms with Crippen molar-refractivity contribution >= 4 is 0 Å². The normalized spacial score (nSPS) is 26.8. The van der Waals surface area contributed by atoms with Crippen LogP contribution in [0.3, 0.4) is 0 Å². The minimum atomic E-state index is 0.212. The Morgan fingerprint density at radius 3 is 2.90 bits per heavy atom. The van der Waals surface area contributed by atoms with Gasteiger partial charge < -0.3 is 10.5 Å². The molecule has 1 aromatic heterocycles. The van der Waals surface area contributed by atoms with E-state index in [1.54, 1.807) is 12.5 Å². The maximum atomic E-state index is 5.97. The third-order valence-electron chi connectivity index (χ3n) is 4.37. The number of likely N-dealkylation sites (tertiary alicyclic amines) is 1. The van der Waals surface area contributed by atoms with Crippen LogP contribution in [0.1, 0.15) is 18.2 Å². The Balaban J connectivity index is 1.63. The number of nitrogens with two attached hydrogens (primary N) is 1. The Morgan fingerprint density at radius 2 is 2.20 bits per heavy atom. The molecule has 2 fully saturated rings. The van der Waals surface area contributed by atoms with E-state index >= 15 is 0 Å². The van der Waals surface area contributed by atoms with Crippen molar-refractivity contribution in [3.8, 4) is 0 Å². The van der Waals surface area contributed by atoms with E-state index in [2.05, 4.69) is 19.8 Å². The van der Waals surface area contributed by atoms with Crippen molar-refractivity contribution in [2.45, 2.75) is 18.5 Å². The monoisotopic (exact) mass is 277 g/mol. The molecule has 20 heavy (non-hydrogen) atoms. The van der Waals surface area contributed by atoms with Gasteiger partial charge in [0, 0.05) is 45.0 Å². The lowest BCUT2D eigenvalue weighted by Gasteiger charge is -2.33. The quantitative estimate of drug-likeness (QED) is 0.828. The fourth-order valence-electron chi connectivity index (χ4n) is 3.25. The van der Waals surface area contributed by atoms with Crippen LogP contribution in [0.4, 0.5) is 0 Å². The first kappa shape index (κ1) is 13.9. The van der Waals surface area contributed by atoms with Crippen molar-refractivity contribution in [1.82, 2.24) is 19.8 Å². The van der Waals surface area contributed by atoms with Gasteiger partial charge in [0.25, 0.3) is 0 Å². The van der Waals surface area contributed by atoms with Gasteiger partial charge in [-0.2, -0.15) is 0 Å². The number of ether oxygens (including phenoxy) is 1. The van der Waals surface area contributed by atoms with Crippen LogP contribution < -0.4 is 5.73 Å². The molecule has 0 aromatic carbocycles. The molecule has 1 aromatic rings. The minimum absolute atomic E-state index is 0.212. The van der Waals surface area contributed by atoms with Crippen molar-refractivity contribution in [3.05, 3.63) is 24.3 Å². The molecular weight excluding hydrogens is 254 g/mol. The zero-order valence-electron chi connectivity index (χ0n) is 11.8. The van der Waals surface area contributed by atoms with Crippen molar-refractivity contribution in [2.75, 3.05) is 45.9 Å². The summed E-state index contributed by atoms with van der Waals surface area (Å²) in [4.78, 5) is 13.4. The largest absolute Gasteiger partial charge is 0.379 e. The average molecular weight is 277 g/mol. The standard InChI is InChI=1S/C14H23N5O/c15-9-14(13-1-3-16-11-17-13)19-4-2-12(10-19)18-5-7-20-8-6-18/h1,3,11-12,14H,2,4-10,15H2. The molecule has 0 radical (unpaired) electrons. The van der Waals surface area contributed by atoms with Gasteiger partial charge in [-0.05, 0) is 12.5 Å². The second kappa shape index (κ2) is 6.58. The first-order valence-corrected chi connectivity index (χ1v) is 7.40. The molecule has 3 rings (SSSR count). The number of hydrogen-bond donors (Lipinski definition) is 1. The predicted octanol–water partition coefficient (Wildman–Crippen LogP) is -0.117. The van der Waals surface area contributed by atoms with Gasteiger partial charge in [0.1, 0.15) is 6.33 Å². The van der Waals surface area contributed by atoms with Crippen molar-refractivity contribution in [1.29, 1.82) is 0 Å². The molecule has 0 spiro atoms. The van der Waals surface area contributed by atoms with Gasteiger partial charge in [-0.25, -0.2) is 9.97 Å². The Labute approximate surface area is 119 Å². The van der Waals surface area contributed by atoms with E-state index in [1.807, 2.05) is 6.07 Å². The van der Waals surface area contributed by atoms with E-state index < -0.39 is 0 Å². The highest BCUT2D eigenvalue weighted by Gasteiger charge is 2.32. The predicted molar refractivity (Wildman–Crippen MR) is 76.2 cm³/mol. The molecule has 2 atom stereocenters. The highest BCUT2D eigenvalue weighted by molar-refractivity contribution is 5.07. The van der Waals surface area contributed by atoms with E-state index in [-0.39, 0.29) is 6.04 Å². The number of morpholine rings is 1. The second-order valence-electron chi connectivity index (χ2n) is 5.47. The fourth-order valence-corrected chi connectivity index (χ4v) is 3.25. The molecule has 6 nitrogen and oxygen atoms in total. The third kappa shape index (κ3) is 2.98. The maximum absolute atomic E-state index is 5.97. The summed E-state index contributed by atoms with van der Waals surface area (Å²) in [6.45, 7) is 6.61. The second-order valence-corrected chi connectivity index (χ2v) is 5.47. The summed E-state index contributed by atoms with van der Waals surface area (Å²) in [5, 5.41) is 0. The first-order chi connectivity index (χ1) is 9.88. The molecule has 110 valence electrons. The van der Waals surface area contributed by atoms with E-state index in [1.165, 1.54) is 6.42 Å². The summed E-state index contributed by atoms with van der Waals surface area (Å²) in [5.74, 6) is 0. The number of aromatic nitrogens is 2. The summed E-state index contributed by atoms with van der Waals surface area (Å²) >= 11 is 0. The van der Waals surface area contributed by atoms with E-state index in [0.29, 0.717) is 12.6 Å². The zero-order valence-corrected chi connectivity index (χ0v) is 11.8. The molecule has 2 saturated heterocycles. The molecule has 2 aliphatic heterocycles. The Hall–Kier alpha value is -1.08. The molecule has 3 heterocycles. The van der Waals surface area contributed by atoms with Crippen LogP contribution in [0.15, 0.2) is 18.6 Å². The summed E-state index contributed by atoms with van der Waals surface area (Å²) in [6.07, 6.45) is 4.61. The van der Waals surface area contributed by atoms with E-state index in [0.717, 1.165) is 45.1 Å². The summed E-state index contributed by atoms with van der Waals surface area (Å²) in [5.41, 5.74) is 7.01. The van der Waals surface area contributed by atoms with Crippen LogP contribution in [-0.2, 0) is 4.74 Å². The molecular formula is C14H23N5O. The van der Waals surface area contributed by atoms with Gasteiger partial charge in [-0.15, -0.1) is 0 Å². The Morgan fingerprint density at radius 1 is 1.35 bits per heavy atom. The van der Waals surface area contributed by atoms with Crippen molar-refractivity contribution < 1.29 is 4.74 Å². The molecule has 2 aliphatic rings. The van der Waals surface area contributed by atoms with Crippen LogP contribution in [-0.4, -0.2) is 71.7 Å². The SMILES string of the molecule is NCC(c1ccncn1)N1CCC(N2CCOCC2)C1. The molecule has 6 heteroatoms. The summed E-state index contributed by atoms with van der Waals surface area (Å²) < 4.78 is 5.43. The number of hydrogen-bond acceptors (Lipinski definition) is 6. The summed E-state index contributed by atoms with van der Waals surface area (Å²) in [7, 11) is 0. The topological polar surface area (TPSA) is 67.5 Å². The molecule has 2 N–H and O–H groups in total. The number of nitrogens with zero attached hydrogens (tertiary/aromatic N) is 4. The van der Waals surface area contributed by atoms with Gasteiger partial charge in [-0.3, -0.25) is 9.80 Å². The maximum Gasteiger partial charge on any atom is 0.115 e. The molecule has 2 unspecified atom stereocenters. The minimum Gasteiger partial charge on any atom is -0.379 e. The van der Waals surface area contributed by atoms with Crippen molar-refractivity contribution in [2.24, 2.45) is 5.73 Å². The first-order valence-electron chi connectivity index (χ1n) is 7.40. The molecule has 0 amide bonds. The van der Waals surface area contributed by atoms with Gasteiger partial charge in [0.15, 0.2) is 0 Å². The lowest BCUT2D eigenvalue weighted by Crippen LogP contribution is -2.45. The highest BCUT2D eigenvalue weighted by Crippen LogP contribution is 2.25. The van der Waals surface area contributed by atoms with E-state index in [9.17, 15) is 0 Å².